The van der Waals surface area contributed by atoms with Crippen molar-refractivity contribution in [3.05, 3.63) is 104 Å². The first-order valence-electron chi connectivity index (χ1n) is 23.6. The molecule has 6 atom stereocenters. The molecule has 0 radical (unpaired) electrons. The third-order valence-corrected chi connectivity index (χ3v) is 13.4. The van der Waals surface area contributed by atoms with Gasteiger partial charge in [0.1, 0.15) is 43.8 Å². The van der Waals surface area contributed by atoms with E-state index in [1.807, 2.05) is 80.1 Å². The van der Waals surface area contributed by atoms with Gasteiger partial charge < -0.3 is 48.8 Å². The van der Waals surface area contributed by atoms with E-state index in [9.17, 15) is 43.7 Å². The summed E-state index contributed by atoms with van der Waals surface area (Å²) < 4.78 is 64.2. The van der Waals surface area contributed by atoms with Gasteiger partial charge in [-0.3, -0.25) is 42.3 Å². The van der Waals surface area contributed by atoms with Gasteiger partial charge in [-0.15, -0.1) is 0 Å². The van der Waals surface area contributed by atoms with Crippen LogP contribution in [0.4, 0.5) is 5.69 Å². The number of fused-ring (bicyclic) bond motifs is 2. The van der Waals surface area contributed by atoms with Crippen molar-refractivity contribution in [3.63, 3.8) is 0 Å². The van der Waals surface area contributed by atoms with E-state index in [0.717, 1.165) is 21.7 Å². The predicted molar refractivity (Wildman–Crippen MR) is 266 cm³/mol. The number of H-pyrrole nitrogens is 1. The molecule has 3 N–H and O–H groups in total. The zero-order valence-corrected chi connectivity index (χ0v) is 43.0. The van der Waals surface area contributed by atoms with Gasteiger partial charge in [-0.25, -0.2) is 13.9 Å². The van der Waals surface area contributed by atoms with Crippen LogP contribution in [0.25, 0.3) is 33.4 Å². The summed E-state index contributed by atoms with van der Waals surface area (Å²) >= 11 is 0. The number of carboxylic acids is 1. The molecule has 1 aliphatic carbocycles. The molecule has 2 aromatic carbocycles. The van der Waals surface area contributed by atoms with Crippen LogP contribution < -0.4 is 41.8 Å². The van der Waals surface area contributed by atoms with E-state index in [2.05, 4.69) is 15.6 Å². The number of anilines is 1. The standard InChI is InChI=1S/C50H60N7O16P/c1-8-38-45(66-7)46(48(72-38)57-22-19-42(59)54-50(57)64)73-74(65,68-24-9-20-51)69-29-33(70-43(60)18-17-41(58)52-2)28-67-23-10-21-53-47(61)30-11-14-34(49(62)63)37(25-30)44-35-15-12-31(55(3)4)26-39(35)71-40-27-32(56(5)6)13-16-36(40)44/h11-16,19,22,25-27,33,38,45-46,48H,8-10,17-18,21,23-24,28-29H2,1-7H3,(H3-,52,53,54,58,59,61,62,63,64)/t33?,38-,45+,46?,48-,74?/m1/s1. The first-order valence-corrected chi connectivity index (χ1v) is 25.1. The first kappa shape index (κ1) is 56.3. The van der Waals surface area contributed by atoms with Crippen LogP contribution in [0.3, 0.4) is 0 Å². The van der Waals surface area contributed by atoms with Gasteiger partial charge in [0.15, 0.2) is 6.23 Å². The van der Waals surface area contributed by atoms with Crippen molar-refractivity contribution in [2.45, 2.75) is 69.7 Å². The number of carbonyl (C=O) groups excluding carboxylic acids is 4. The lowest BCUT2D eigenvalue weighted by Crippen LogP contribution is -2.39. The van der Waals surface area contributed by atoms with Gasteiger partial charge in [-0.05, 0) is 48.7 Å². The van der Waals surface area contributed by atoms with Crippen LogP contribution in [0.5, 0.6) is 0 Å². The molecular formula is C50H60N7O16P. The Balaban J connectivity index is 1.17. The number of benzene rings is 3. The zero-order chi connectivity index (χ0) is 53.7. The number of aromatic carboxylic acids is 1. The Morgan fingerprint density at radius 2 is 1.77 bits per heavy atom. The van der Waals surface area contributed by atoms with Crippen molar-refractivity contribution in [2.24, 2.45) is 0 Å². The number of carbonyl (C=O) groups is 4. The number of amides is 2. The van der Waals surface area contributed by atoms with Crippen LogP contribution in [-0.4, -0.2) is 133 Å². The summed E-state index contributed by atoms with van der Waals surface area (Å²) in [7, 11) is 5.56. The molecule has 1 fully saturated rings. The molecule has 1 aromatic heterocycles. The number of phosphoric acid groups is 1. The highest BCUT2D eigenvalue weighted by atomic mass is 31.2. The fourth-order valence-electron chi connectivity index (χ4n) is 8.09. The lowest BCUT2D eigenvalue weighted by atomic mass is 9.89. The van der Waals surface area contributed by atoms with Gasteiger partial charge in [-0.2, -0.15) is 5.26 Å². The molecule has 0 bridgehead atoms. The smallest absolute Gasteiger partial charge is 0.475 e. The Hall–Kier alpha value is -7.03. The van der Waals surface area contributed by atoms with Crippen LogP contribution >= 0.6 is 7.82 Å². The van der Waals surface area contributed by atoms with Crippen LogP contribution in [0.1, 0.15) is 66.0 Å². The van der Waals surface area contributed by atoms with E-state index in [0.29, 0.717) is 34.3 Å². The number of nitrogens with one attached hydrogen (secondary N) is 3. The van der Waals surface area contributed by atoms with E-state index in [-0.39, 0.29) is 62.1 Å². The summed E-state index contributed by atoms with van der Waals surface area (Å²) in [6, 6.07) is 18.3. The normalized spacial score (nSPS) is 17.5. The maximum absolute atomic E-state index is 14.4. The fourth-order valence-corrected chi connectivity index (χ4v) is 9.47. The van der Waals surface area contributed by atoms with Gasteiger partial charge in [0, 0.05) is 106 Å². The second kappa shape index (κ2) is 25.8. The predicted octanol–water partition coefficient (Wildman–Crippen LogP) is 2.55. The Bertz CT molecular complexity index is 3090. The summed E-state index contributed by atoms with van der Waals surface area (Å²) in [5.41, 5.74) is 1.24. The number of ether oxygens (including phenoxy) is 4. The van der Waals surface area contributed by atoms with Gasteiger partial charge in [0.05, 0.1) is 56.9 Å². The molecule has 2 aliphatic heterocycles. The van der Waals surface area contributed by atoms with Crippen molar-refractivity contribution in [1.29, 1.82) is 5.26 Å². The minimum absolute atomic E-state index is 0.00736. The molecule has 2 amide bonds. The van der Waals surface area contributed by atoms with E-state index in [1.165, 1.54) is 38.6 Å². The maximum atomic E-state index is 14.4. The third-order valence-electron chi connectivity index (χ3n) is 11.9. The zero-order valence-electron chi connectivity index (χ0n) is 42.1. The molecule has 3 aromatic rings. The molecule has 1 saturated heterocycles. The second-order valence-electron chi connectivity index (χ2n) is 17.4. The Morgan fingerprint density at radius 1 is 0.986 bits per heavy atom. The number of aromatic amines is 1. The highest BCUT2D eigenvalue weighted by Gasteiger charge is 2.50. The van der Waals surface area contributed by atoms with E-state index >= 15 is 0 Å². The quantitative estimate of drug-likeness (QED) is 0.0249. The van der Waals surface area contributed by atoms with Gasteiger partial charge in [-0.1, -0.05) is 13.0 Å². The van der Waals surface area contributed by atoms with Crippen molar-refractivity contribution in [2.75, 3.05) is 80.2 Å². The monoisotopic (exact) mass is 1050 g/mol. The number of aromatic nitrogens is 2. The summed E-state index contributed by atoms with van der Waals surface area (Å²) in [4.78, 5) is 80.0. The van der Waals surface area contributed by atoms with Crippen LogP contribution in [0.2, 0.25) is 0 Å². The molecule has 3 aliphatic rings. The molecular weight excluding hydrogens is 986 g/mol. The summed E-state index contributed by atoms with van der Waals surface area (Å²) in [5.74, 6) is -2.70. The average molecular weight is 1050 g/mol. The van der Waals surface area contributed by atoms with E-state index in [1.54, 1.807) is 6.92 Å². The number of phosphoric ester groups is 1. The number of esters is 1. The first-order chi connectivity index (χ1) is 35.4. The number of hydrogen-bond donors (Lipinski definition) is 3. The molecule has 0 saturated carbocycles. The Kier molecular flexibility index (Phi) is 19.6. The average Bonchev–Trinajstić information content (AvgIpc) is 3.72. The molecule has 6 rings (SSSR count). The maximum Gasteiger partial charge on any atom is 0.475 e. The van der Waals surface area contributed by atoms with Crippen molar-refractivity contribution < 1.29 is 65.8 Å². The number of rotatable bonds is 25. The van der Waals surface area contributed by atoms with E-state index < -0.39 is 86.7 Å². The summed E-state index contributed by atoms with van der Waals surface area (Å²) in [5, 5.41) is 28.6. The molecule has 3 unspecified atom stereocenters. The third kappa shape index (κ3) is 14.0. The molecule has 24 heteroatoms. The van der Waals surface area contributed by atoms with E-state index in [4.69, 9.17) is 36.9 Å². The summed E-state index contributed by atoms with van der Waals surface area (Å²) in [6.07, 6.45) is -4.56. The number of carboxylic acid groups (broad SMARTS) is 1. The SMILES string of the molecule is CC[C@H]1O[C@@H](n2ccc(=O)[nH]c2=O)C(OP(=O)(OCCC#N)OCC(COCCCNC(=O)c2ccc(C(=O)[O-])c(-c3c4ccc(=[N+](C)C)cc-4oc4cc(N(C)C)ccc34)c2)OC(=O)CCC(=O)NC)[C@H]1OC. The van der Waals surface area contributed by atoms with Gasteiger partial charge >= 0.3 is 19.5 Å². The minimum Gasteiger partial charge on any atom is -0.545 e. The number of methoxy groups -OCH3 is 1. The van der Waals surface area contributed by atoms with Crippen molar-refractivity contribution >= 4 is 48.2 Å². The van der Waals surface area contributed by atoms with Gasteiger partial charge in [0.2, 0.25) is 11.3 Å². The minimum atomic E-state index is -4.76. The lowest BCUT2D eigenvalue weighted by Gasteiger charge is -2.28. The van der Waals surface area contributed by atoms with Gasteiger partial charge in [0.25, 0.3) is 11.5 Å². The largest absolute Gasteiger partial charge is 0.545 e. The summed E-state index contributed by atoms with van der Waals surface area (Å²) in [6.45, 7) is 0.432. The second-order valence-corrected chi connectivity index (χ2v) is 19.0. The molecule has 396 valence electrons. The Labute approximate surface area is 425 Å². The molecule has 0 spiro atoms. The lowest BCUT2D eigenvalue weighted by molar-refractivity contribution is -0.255. The molecule has 23 nitrogen and oxygen atoms in total. The Morgan fingerprint density at radius 3 is 2.45 bits per heavy atom. The fraction of sp³-hybridized carbons (Fsp3) is 0.440. The number of nitrogens with zero attached hydrogens (tertiary/aromatic N) is 4. The van der Waals surface area contributed by atoms with Crippen LogP contribution in [-0.2, 0) is 46.7 Å². The van der Waals surface area contributed by atoms with Crippen LogP contribution in [0.15, 0.2) is 80.9 Å². The van der Waals surface area contributed by atoms with Crippen molar-refractivity contribution in [1.82, 2.24) is 24.8 Å². The number of hydrogen-bond acceptors (Lipinski definition) is 18. The van der Waals surface area contributed by atoms with Crippen molar-refractivity contribution in [3.8, 4) is 28.5 Å². The number of nitriles is 1. The highest BCUT2D eigenvalue weighted by molar-refractivity contribution is 7.48. The molecule has 74 heavy (non-hydrogen) atoms. The topological polar surface area (TPSA) is 295 Å². The van der Waals surface area contributed by atoms with Crippen LogP contribution in [0, 0.1) is 11.3 Å². The molecule has 3 heterocycles. The highest BCUT2D eigenvalue weighted by Crippen LogP contribution is 2.54.